The summed E-state index contributed by atoms with van der Waals surface area (Å²) < 4.78 is 31.4. The van der Waals surface area contributed by atoms with E-state index in [-0.39, 0.29) is 18.1 Å². The Morgan fingerprint density at radius 2 is 2.31 bits per heavy atom. The summed E-state index contributed by atoms with van der Waals surface area (Å²) in [4.78, 5) is 10.4. The molecule has 5 nitrogen and oxygen atoms in total. The van der Waals surface area contributed by atoms with Crippen LogP contribution >= 0.6 is 0 Å². The van der Waals surface area contributed by atoms with Crippen LogP contribution in [-0.2, 0) is 19.3 Å². The summed E-state index contributed by atoms with van der Waals surface area (Å²) in [6.07, 6.45) is -0.177. The van der Waals surface area contributed by atoms with Crippen LogP contribution in [0.25, 0.3) is 0 Å². The molecule has 1 saturated heterocycles. The van der Waals surface area contributed by atoms with Gasteiger partial charge in [0.15, 0.2) is 15.9 Å². The van der Waals surface area contributed by atoms with Gasteiger partial charge >= 0.3 is 6.16 Å². The van der Waals surface area contributed by atoms with E-state index in [2.05, 4.69) is 16.1 Å². The number of hydrogen-bond donors (Lipinski definition) is 0. The molecule has 0 spiro atoms. The molecule has 13 heavy (non-hydrogen) atoms. The second-order valence-electron chi connectivity index (χ2n) is 2.67. The summed E-state index contributed by atoms with van der Waals surface area (Å²) in [5.74, 6) is -0.314. The van der Waals surface area contributed by atoms with Crippen molar-refractivity contribution in [2.24, 2.45) is 0 Å². The number of rotatable bonds is 4. The van der Waals surface area contributed by atoms with Crippen LogP contribution in [0.3, 0.4) is 0 Å². The van der Waals surface area contributed by atoms with Crippen molar-refractivity contribution in [1.29, 1.82) is 0 Å². The number of hydrogen-bond acceptors (Lipinski definition) is 5. The topological polar surface area (TPSA) is 69.7 Å². The molecule has 0 saturated carbocycles. The predicted octanol–water partition coefficient (Wildman–Crippen LogP) is 0.123. The first-order valence-electron chi connectivity index (χ1n) is 3.68. The molecular weight excluding hydrogens is 196 g/mol. The number of cyclic esters (lactones) is 2. The van der Waals surface area contributed by atoms with Crippen molar-refractivity contribution in [3.05, 3.63) is 12.7 Å². The average molecular weight is 206 g/mol. The minimum absolute atomic E-state index is 0.00913. The van der Waals surface area contributed by atoms with Gasteiger partial charge in [-0.2, -0.15) is 0 Å². The highest BCUT2D eigenvalue weighted by Crippen LogP contribution is 2.09. The fourth-order valence-corrected chi connectivity index (χ4v) is 2.20. The van der Waals surface area contributed by atoms with E-state index >= 15 is 0 Å². The standard InChI is InChI=1S/C7H10O5S/c1-2-3-13(9,10)5-6-4-11-7(8)12-6/h2,6H,1,3-5H2. The van der Waals surface area contributed by atoms with E-state index < -0.39 is 22.1 Å². The summed E-state index contributed by atoms with van der Waals surface area (Å²) in [5.41, 5.74) is 0. The van der Waals surface area contributed by atoms with E-state index in [1.54, 1.807) is 0 Å². The van der Waals surface area contributed by atoms with Crippen LogP contribution < -0.4 is 0 Å². The van der Waals surface area contributed by atoms with E-state index in [0.717, 1.165) is 0 Å². The molecule has 1 fully saturated rings. The Balaban J connectivity index is 2.49. The largest absolute Gasteiger partial charge is 0.508 e. The van der Waals surface area contributed by atoms with Crippen LogP contribution in [-0.4, -0.2) is 38.8 Å². The van der Waals surface area contributed by atoms with Crippen molar-refractivity contribution in [1.82, 2.24) is 0 Å². The fraction of sp³-hybridized carbons (Fsp3) is 0.571. The Kier molecular flexibility index (Phi) is 2.92. The minimum atomic E-state index is -3.21. The van der Waals surface area contributed by atoms with Gasteiger partial charge in [0.05, 0.1) is 11.5 Å². The minimum Gasteiger partial charge on any atom is -0.430 e. The maximum Gasteiger partial charge on any atom is 0.508 e. The van der Waals surface area contributed by atoms with Gasteiger partial charge in [-0.3, -0.25) is 0 Å². The van der Waals surface area contributed by atoms with Gasteiger partial charge in [0, 0.05) is 0 Å². The number of ether oxygens (including phenoxy) is 2. The molecule has 0 N–H and O–H groups in total. The molecule has 6 heteroatoms. The van der Waals surface area contributed by atoms with Gasteiger partial charge in [-0.15, -0.1) is 6.58 Å². The van der Waals surface area contributed by atoms with Crippen molar-refractivity contribution in [2.75, 3.05) is 18.1 Å². The molecule has 0 aromatic rings. The van der Waals surface area contributed by atoms with Crippen LogP contribution in [0.2, 0.25) is 0 Å². The fourth-order valence-electron chi connectivity index (χ4n) is 0.978. The molecule has 0 aliphatic carbocycles. The van der Waals surface area contributed by atoms with E-state index in [9.17, 15) is 13.2 Å². The summed E-state index contributed by atoms with van der Waals surface area (Å²) in [7, 11) is -3.21. The van der Waals surface area contributed by atoms with Gasteiger partial charge in [0.25, 0.3) is 0 Å². The summed E-state index contributed by atoms with van der Waals surface area (Å²) >= 11 is 0. The molecular formula is C7H10O5S. The van der Waals surface area contributed by atoms with Gasteiger partial charge < -0.3 is 9.47 Å². The molecule has 1 unspecified atom stereocenters. The number of sulfone groups is 1. The average Bonchev–Trinajstić information content (AvgIpc) is 2.34. The number of carbonyl (C=O) groups is 1. The molecule has 1 rings (SSSR count). The SMILES string of the molecule is C=CCS(=O)(=O)CC1COC(=O)O1. The molecule has 1 aliphatic heterocycles. The third-order valence-corrected chi connectivity index (χ3v) is 3.08. The predicted molar refractivity (Wildman–Crippen MR) is 45.1 cm³/mol. The molecule has 0 amide bonds. The highest BCUT2D eigenvalue weighted by atomic mass is 32.2. The summed E-state index contributed by atoms with van der Waals surface area (Å²) in [6, 6.07) is 0. The van der Waals surface area contributed by atoms with Crippen molar-refractivity contribution in [2.45, 2.75) is 6.10 Å². The highest BCUT2D eigenvalue weighted by molar-refractivity contribution is 7.91. The van der Waals surface area contributed by atoms with Crippen LogP contribution in [0, 0.1) is 0 Å². The summed E-state index contributed by atoms with van der Waals surface area (Å²) in [5, 5.41) is 0. The van der Waals surface area contributed by atoms with Gasteiger partial charge in [0.2, 0.25) is 0 Å². The zero-order chi connectivity index (χ0) is 9.90. The lowest BCUT2D eigenvalue weighted by Crippen LogP contribution is -2.24. The van der Waals surface area contributed by atoms with Crippen molar-refractivity contribution >= 4 is 16.0 Å². The summed E-state index contributed by atoms with van der Waals surface area (Å²) in [6.45, 7) is 3.33. The Morgan fingerprint density at radius 3 is 2.77 bits per heavy atom. The van der Waals surface area contributed by atoms with Crippen molar-refractivity contribution in [3.8, 4) is 0 Å². The Bertz CT molecular complexity index is 305. The van der Waals surface area contributed by atoms with E-state index in [1.165, 1.54) is 6.08 Å². The Morgan fingerprint density at radius 1 is 1.62 bits per heavy atom. The lowest BCUT2D eigenvalue weighted by molar-refractivity contribution is 0.122. The Labute approximate surface area is 76.2 Å². The molecule has 1 atom stereocenters. The Hall–Kier alpha value is -1.04. The van der Waals surface area contributed by atoms with Gasteiger partial charge in [-0.1, -0.05) is 6.08 Å². The third-order valence-electron chi connectivity index (χ3n) is 1.46. The molecule has 0 radical (unpaired) electrons. The second-order valence-corrected chi connectivity index (χ2v) is 4.82. The third kappa shape index (κ3) is 3.06. The smallest absolute Gasteiger partial charge is 0.430 e. The first kappa shape index (κ1) is 10.0. The maximum absolute atomic E-state index is 11.2. The van der Waals surface area contributed by atoms with Gasteiger partial charge in [-0.25, -0.2) is 13.2 Å². The molecule has 74 valence electrons. The van der Waals surface area contributed by atoms with Gasteiger partial charge in [-0.05, 0) is 0 Å². The normalized spacial score (nSPS) is 22.2. The molecule has 1 aliphatic rings. The van der Waals surface area contributed by atoms with E-state index in [0.29, 0.717) is 0 Å². The van der Waals surface area contributed by atoms with Crippen LogP contribution in [0.1, 0.15) is 0 Å². The van der Waals surface area contributed by atoms with E-state index in [4.69, 9.17) is 0 Å². The van der Waals surface area contributed by atoms with Crippen LogP contribution in [0.5, 0.6) is 0 Å². The van der Waals surface area contributed by atoms with Crippen LogP contribution in [0.4, 0.5) is 4.79 Å². The molecule has 0 bridgehead atoms. The van der Waals surface area contributed by atoms with Gasteiger partial charge in [0.1, 0.15) is 6.61 Å². The zero-order valence-electron chi connectivity index (χ0n) is 6.93. The quantitative estimate of drug-likeness (QED) is 0.482. The first-order valence-corrected chi connectivity index (χ1v) is 5.50. The second kappa shape index (κ2) is 3.78. The zero-order valence-corrected chi connectivity index (χ0v) is 7.75. The van der Waals surface area contributed by atoms with E-state index in [1.807, 2.05) is 0 Å². The maximum atomic E-state index is 11.2. The van der Waals surface area contributed by atoms with Crippen LogP contribution in [0.15, 0.2) is 12.7 Å². The lowest BCUT2D eigenvalue weighted by Gasteiger charge is -2.04. The van der Waals surface area contributed by atoms with Crippen molar-refractivity contribution < 1.29 is 22.7 Å². The number of carbonyl (C=O) groups excluding carboxylic acids is 1. The highest BCUT2D eigenvalue weighted by Gasteiger charge is 2.29. The molecule has 1 heterocycles. The molecule has 0 aromatic carbocycles. The molecule has 0 aromatic heterocycles. The monoisotopic (exact) mass is 206 g/mol. The first-order chi connectivity index (χ1) is 6.03. The van der Waals surface area contributed by atoms with Crippen molar-refractivity contribution in [3.63, 3.8) is 0 Å². The lowest BCUT2D eigenvalue weighted by atomic mass is 10.4.